The predicted octanol–water partition coefficient (Wildman–Crippen LogP) is -0.0185. The van der Waals surface area contributed by atoms with Crippen LogP contribution in [0.15, 0.2) is 29.2 Å². The van der Waals surface area contributed by atoms with Gasteiger partial charge in [0, 0.05) is 45.0 Å². The lowest BCUT2D eigenvalue weighted by Crippen LogP contribution is -2.51. The number of rotatable bonds is 4. The molecule has 28 heavy (non-hydrogen) atoms. The second kappa shape index (κ2) is 8.59. The van der Waals surface area contributed by atoms with E-state index in [0.717, 1.165) is 0 Å². The van der Waals surface area contributed by atoms with E-state index in [-0.39, 0.29) is 4.90 Å². The first-order valence-electron chi connectivity index (χ1n) is 8.87. The molecule has 0 radical (unpaired) electrons. The largest absolute Gasteiger partial charge is 0.379 e. The lowest BCUT2D eigenvalue weighted by Gasteiger charge is -2.34. The SMILES string of the molecule is CS(=O)(=O)N1CCN(C(=S)Nc2ccc(S(=O)(=O)N3CCOCC3)cc2)CC1. The van der Waals surface area contributed by atoms with Crippen LogP contribution < -0.4 is 5.32 Å². The Labute approximate surface area is 171 Å². The summed E-state index contributed by atoms with van der Waals surface area (Å²) in [5.74, 6) is 0. The van der Waals surface area contributed by atoms with Crippen LogP contribution in [0, 0.1) is 0 Å². The molecule has 2 saturated heterocycles. The highest BCUT2D eigenvalue weighted by atomic mass is 32.2. The van der Waals surface area contributed by atoms with Gasteiger partial charge in [0.05, 0.1) is 24.4 Å². The highest BCUT2D eigenvalue weighted by molar-refractivity contribution is 7.89. The minimum atomic E-state index is -3.53. The zero-order valence-electron chi connectivity index (χ0n) is 15.6. The van der Waals surface area contributed by atoms with Crippen molar-refractivity contribution in [2.45, 2.75) is 4.90 Å². The number of hydrogen-bond acceptors (Lipinski definition) is 6. The molecule has 0 bridgehead atoms. The molecule has 1 aromatic carbocycles. The first-order chi connectivity index (χ1) is 13.2. The molecule has 2 heterocycles. The summed E-state index contributed by atoms with van der Waals surface area (Å²) < 4.78 is 56.5. The van der Waals surface area contributed by atoms with E-state index in [1.807, 2.05) is 4.90 Å². The van der Waals surface area contributed by atoms with E-state index in [1.54, 1.807) is 24.3 Å². The Morgan fingerprint density at radius 2 is 1.50 bits per heavy atom. The molecular formula is C16H24N4O5S3. The minimum absolute atomic E-state index is 0.229. The molecule has 1 N–H and O–H groups in total. The van der Waals surface area contributed by atoms with Crippen molar-refractivity contribution in [2.75, 3.05) is 64.1 Å². The highest BCUT2D eigenvalue weighted by Crippen LogP contribution is 2.20. The van der Waals surface area contributed by atoms with Crippen LogP contribution in [0.1, 0.15) is 0 Å². The number of morpholine rings is 1. The summed E-state index contributed by atoms with van der Waals surface area (Å²) in [4.78, 5) is 2.13. The number of anilines is 1. The van der Waals surface area contributed by atoms with Gasteiger partial charge in [-0.2, -0.15) is 8.61 Å². The van der Waals surface area contributed by atoms with Crippen molar-refractivity contribution in [3.8, 4) is 0 Å². The van der Waals surface area contributed by atoms with E-state index in [2.05, 4.69) is 5.32 Å². The highest BCUT2D eigenvalue weighted by Gasteiger charge is 2.27. The van der Waals surface area contributed by atoms with E-state index in [1.165, 1.54) is 14.9 Å². The smallest absolute Gasteiger partial charge is 0.243 e. The monoisotopic (exact) mass is 448 g/mol. The summed E-state index contributed by atoms with van der Waals surface area (Å²) in [7, 11) is -6.72. The van der Waals surface area contributed by atoms with E-state index in [9.17, 15) is 16.8 Å². The molecule has 2 fully saturated rings. The normalized spacial score (nSPS) is 20.1. The first-order valence-corrected chi connectivity index (χ1v) is 12.6. The van der Waals surface area contributed by atoms with Crippen molar-refractivity contribution in [3.05, 3.63) is 24.3 Å². The maximum absolute atomic E-state index is 12.6. The van der Waals surface area contributed by atoms with Gasteiger partial charge in [-0.3, -0.25) is 0 Å². The Morgan fingerprint density at radius 1 is 0.929 bits per heavy atom. The number of piperazine rings is 1. The van der Waals surface area contributed by atoms with Gasteiger partial charge in [-0.05, 0) is 36.5 Å². The topological polar surface area (TPSA) is 99.3 Å². The molecule has 156 valence electrons. The Balaban J connectivity index is 1.59. The summed E-state index contributed by atoms with van der Waals surface area (Å²) >= 11 is 5.40. The van der Waals surface area contributed by atoms with Crippen LogP contribution in [-0.4, -0.2) is 94.2 Å². The summed E-state index contributed by atoms with van der Waals surface area (Å²) in [6.07, 6.45) is 1.20. The molecule has 1 aromatic rings. The maximum Gasteiger partial charge on any atom is 0.243 e. The number of sulfonamides is 2. The van der Waals surface area contributed by atoms with Gasteiger partial charge in [-0.25, -0.2) is 16.8 Å². The van der Waals surface area contributed by atoms with E-state index in [4.69, 9.17) is 17.0 Å². The third kappa shape index (κ3) is 4.99. The number of nitrogens with zero attached hydrogens (tertiary/aromatic N) is 3. The van der Waals surface area contributed by atoms with Crippen LogP contribution in [0.2, 0.25) is 0 Å². The van der Waals surface area contributed by atoms with Gasteiger partial charge in [-0.1, -0.05) is 0 Å². The van der Waals surface area contributed by atoms with Crippen LogP contribution in [0.25, 0.3) is 0 Å². The standard InChI is InChI=1S/C16H24N4O5S3/c1-27(21,22)19-8-6-18(7-9-19)16(26)17-14-2-4-15(5-3-14)28(23,24)20-10-12-25-13-11-20/h2-5H,6-13H2,1H3,(H,17,26). The van der Waals surface area contributed by atoms with Gasteiger partial charge in [0.25, 0.3) is 0 Å². The Morgan fingerprint density at radius 3 is 2.04 bits per heavy atom. The van der Waals surface area contributed by atoms with Crippen LogP contribution in [0.3, 0.4) is 0 Å². The van der Waals surface area contributed by atoms with Crippen LogP contribution in [0.4, 0.5) is 5.69 Å². The molecule has 0 spiro atoms. The maximum atomic E-state index is 12.6. The average Bonchev–Trinajstić information content (AvgIpc) is 2.68. The molecular weight excluding hydrogens is 424 g/mol. The van der Waals surface area contributed by atoms with Crippen molar-refractivity contribution in [1.29, 1.82) is 0 Å². The molecule has 0 aromatic heterocycles. The lowest BCUT2D eigenvalue weighted by atomic mass is 10.3. The lowest BCUT2D eigenvalue weighted by molar-refractivity contribution is 0.0730. The van der Waals surface area contributed by atoms with Crippen LogP contribution in [-0.2, 0) is 24.8 Å². The van der Waals surface area contributed by atoms with Crippen molar-refractivity contribution in [2.24, 2.45) is 0 Å². The zero-order valence-corrected chi connectivity index (χ0v) is 18.0. The fourth-order valence-corrected chi connectivity index (χ4v) is 5.61. The number of nitrogens with one attached hydrogen (secondary N) is 1. The molecule has 2 aliphatic heterocycles. The molecule has 0 aliphatic carbocycles. The Kier molecular flexibility index (Phi) is 6.57. The minimum Gasteiger partial charge on any atom is -0.379 e. The van der Waals surface area contributed by atoms with Gasteiger partial charge in [0.2, 0.25) is 20.0 Å². The van der Waals surface area contributed by atoms with Crippen molar-refractivity contribution >= 4 is 43.1 Å². The molecule has 0 unspecified atom stereocenters. The second-order valence-corrected chi connectivity index (χ2v) is 10.9. The summed E-state index contributed by atoms with van der Waals surface area (Å²) in [5, 5.41) is 3.57. The van der Waals surface area contributed by atoms with Gasteiger partial charge in [-0.15, -0.1) is 0 Å². The molecule has 3 rings (SSSR count). The Bertz CT molecular complexity index is 904. The number of benzene rings is 1. The predicted molar refractivity (Wildman–Crippen MR) is 110 cm³/mol. The molecule has 0 saturated carbocycles. The number of ether oxygens (including phenoxy) is 1. The average molecular weight is 449 g/mol. The zero-order chi connectivity index (χ0) is 20.4. The molecule has 0 atom stereocenters. The Hall–Kier alpha value is -1.31. The van der Waals surface area contributed by atoms with Crippen molar-refractivity contribution in [3.63, 3.8) is 0 Å². The van der Waals surface area contributed by atoms with Gasteiger partial charge in [0.15, 0.2) is 5.11 Å². The van der Waals surface area contributed by atoms with Gasteiger partial charge in [0.1, 0.15) is 0 Å². The summed E-state index contributed by atoms with van der Waals surface area (Å²) in [5.41, 5.74) is 0.677. The summed E-state index contributed by atoms with van der Waals surface area (Å²) in [6.45, 7) is 3.29. The van der Waals surface area contributed by atoms with E-state index >= 15 is 0 Å². The van der Waals surface area contributed by atoms with Crippen molar-refractivity contribution in [1.82, 2.24) is 13.5 Å². The van der Waals surface area contributed by atoms with Crippen LogP contribution in [0.5, 0.6) is 0 Å². The van der Waals surface area contributed by atoms with E-state index < -0.39 is 20.0 Å². The summed E-state index contributed by atoms with van der Waals surface area (Å²) in [6, 6.07) is 6.45. The van der Waals surface area contributed by atoms with E-state index in [0.29, 0.717) is 63.3 Å². The van der Waals surface area contributed by atoms with Gasteiger partial charge < -0.3 is 15.0 Å². The quantitative estimate of drug-likeness (QED) is 0.642. The third-order valence-corrected chi connectivity index (χ3v) is 8.28. The first kappa shape index (κ1) is 21.4. The molecule has 2 aliphatic rings. The number of hydrogen-bond donors (Lipinski definition) is 1. The van der Waals surface area contributed by atoms with Gasteiger partial charge >= 0.3 is 0 Å². The third-order valence-electron chi connectivity index (χ3n) is 4.71. The molecule has 12 heteroatoms. The fraction of sp³-hybridized carbons (Fsp3) is 0.562. The molecule has 9 nitrogen and oxygen atoms in total. The van der Waals surface area contributed by atoms with Crippen molar-refractivity contribution < 1.29 is 21.6 Å². The second-order valence-electron chi connectivity index (χ2n) is 6.62. The number of thiocarbonyl (C=S) groups is 1. The fourth-order valence-electron chi connectivity index (χ4n) is 3.07. The molecule has 0 amide bonds. The van der Waals surface area contributed by atoms with Crippen LogP contribution >= 0.6 is 12.2 Å².